The van der Waals surface area contributed by atoms with E-state index in [0.29, 0.717) is 12.1 Å². The number of nitrogens with zero attached hydrogens (tertiary/aromatic N) is 2. The van der Waals surface area contributed by atoms with E-state index in [1.54, 1.807) is 11.0 Å². The molecule has 0 spiro atoms. The van der Waals surface area contributed by atoms with Gasteiger partial charge >= 0.3 is 0 Å². The molecule has 1 amide bonds. The molecule has 0 aliphatic rings. The second-order valence-electron chi connectivity index (χ2n) is 5.16. The molecule has 0 saturated carbocycles. The van der Waals surface area contributed by atoms with Gasteiger partial charge in [0.1, 0.15) is 0 Å². The van der Waals surface area contributed by atoms with Gasteiger partial charge in [-0.2, -0.15) is 0 Å². The van der Waals surface area contributed by atoms with Gasteiger partial charge in [-0.25, -0.2) is 8.42 Å². The minimum absolute atomic E-state index is 0.0448. The summed E-state index contributed by atoms with van der Waals surface area (Å²) >= 11 is 0. The van der Waals surface area contributed by atoms with Crippen LogP contribution in [-0.2, 0) is 14.9 Å². The molecule has 0 bridgehead atoms. The second kappa shape index (κ2) is 8.06. The van der Waals surface area contributed by atoms with Crippen molar-refractivity contribution in [1.29, 1.82) is 0 Å². The fraction of sp³-hybridized carbons (Fsp3) is 0.167. The third kappa shape index (κ3) is 4.14. The highest BCUT2D eigenvalue weighted by atomic mass is 32.2. The van der Waals surface area contributed by atoms with Crippen LogP contribution in [0.2, 0.25) is 0 Å². The van der Waals surface area contributed by atoms with Gasteiger partial charge in [-0.05, 0) is 36.4 Å². The summed E-state index contributed by atoms with van der Waals surface area (Å²) in [4.78, 5) is 19.1. The molecule has 0 atom stereocenters. The molecule has 2 rings (SSSR count). The van der Waals surface area contributed by atoms with Gasteiger partial charge in [0.2, 0.25) is 0 Å². The first-order valence-electron chi connectivity index (χ1n) is 7.52. The Morgan fingerprint density at radius 1 is 1.12 bits per heavy atom. The number of benzene rings is 2. The lowest BCUT2D eigenvalue weighted by Crippen LogP contribution is -2.31. The Balaban J connectivity index is 2.32. The summed E-state index contributed by atoms with van der Waals surface area (Å²) in [5, 5.41) is 0. The van der Waals surface area contributed by atoms with Gasteiger partial charge < -0.3 is 4.90 Å². The number of hydroxylamine groups is 1. The molecule has 0 radical (unpaired) electrons. The lowest BCUT2D eigenvalue weighted by atomic mass is 10.2. The highest BCUT2D eigenvalue weighted by Crippen LogP contribution is 2.19. The van der Waals surface area contributed by atoms with Gasteiger partial charge in [0.25, 0.3) is 15.9 Å². The molecule has 7 heteroatoms. The summed E-state index contributed by atoms with van der Waals surface area (Å²) in [6, 6.07) is 14.9. The van der Waals surface area contributed by atoms with E-state index in [9.17, 15) is 13.2 Å². The van der Waals surface area contributed by atoms with E-state index in [1.165, 1.54) is 38.4 Å². The van der Waals surface area contributed by atoms with Gasteiger partial charge in [-0.1, -0.05) is 28.7 Å². The van der Waals surface area contributed by atoms with Gasteiger partial charge in [-0.3, -0.25) is 9.63 Å². The van der Waals surface area contributed by atoms with Crippen LogP contribution in [0.5, 0.6) is 0 Å². The average molecular weight is 360 g/mol. The van der Waals surface area contributed by atoms with Crippen molar-refractivity contribution in [2.45, 2.75) is 4.90 Å². The fourth-order valence-electron chi connectivity index (χ4n) is 2.21. The Hall–Kier alpha value is -2.48. The SMILES string of the molecule is C=CCN(C(=O)c1ccc(S(=O)(=O)N(C)OC)cc1)c1ccccc1. The topological polar surface area (TPSA) is 66.9 Å². The summed E-state index contributed by atoms with van der Waals surface area (Å²) < 4.78 is 25.2. The van der Waals surface area contributed by atoms with Crippen LogP contribution in [0.4, 0.5) is 5.69 Å². The lowest BCUT2D eigenvalue weighted by molar-refractivity contribution is -0.0258. The number of amides is 1. The van der Waals surface area contributed by atoms with Crippen molar-refractivity contribution in [2.24, 2.45) is 0 Å². The number of rotatable bonds is 7. The van der Waals surface area contributed by atoms with Crippen LogP contribution in [0.1, 0.15) is 10.4 Å². The Kier molecular flexibility index (Phi) is 6.08. The zero-order valence-corrected chi connectivity index (χ0v) is 14.9. The molecule has 2 aromatic rings. The molecule has 6 nitrogen and oxygen atoms in total. The quantitative estimate of drug-likeness (QED) is 0.562. The average Bonchev–Trinajstić information content (AvgIpc) is 2.65. The number of hydrogen-bond donors (Lipinski definition) is 0. The molecule has 2 aromatic carbocycles. The van der Waals surface area contributed by atoms with Crippen molar-refractivity contribution in [3.8, 4) is 0 Å². The fourth-order valence-corrected chi connectivity index (χ4v) is 3.19. The van der Waals surface area contributed by atoms with E-state index in [4.69, 9.17) is 4.84 Å². The molecule has 0 aliphatic carbocycles. The summed E-state index contributed by atoms with van der Waals surface area (Å²) in [5.41, 5.74) is 1.12. The Labute approximate surface area is 147 Å². The number of sulfonamides is 1. The number of carbonyl (C=O) groups excluding carboxylic acids is 1. The molecular weight excluding hydrogens is 340 g/mol. The van der Waals surface area contributed by atoms with Crippen molar-refractivity contribution in [2.75, 3.05) is 25.6 Å². The Bertz CT molecular complexity index is 833. The van der Waals surface area contributed by atoms with Crippen molar-refractivity contribution >= 4 is 21.6 Å². The Morgan fingerprint density at radius 3 is 2.24 bits per heavy atom. The second-order valence-corrected chi connectivity index (χ2v) is 7.10. The molecule has 0 fully saturated rings. The summed E-state index contributed by atoms with van der Waals surface area (Å²) in [7, 11) is -1.18. The van der Waals surface area contributed by atoms with Gasteiger partial charge in [0.05, 0.1) is 12.0 Å². The molecule has 0 unspecified atom stereocenters. The zero-order valence-electron chi connectivity index (χ0n) is 14.1. The van der Waals surface area contributed by atoms with E-state index >= 15 is 0 Å². The highest BCUT2D eigenvalue weighted by molar-refractivity contribution is 7.89. The first-order valence-corrected chi connectivity index (χ1v) is 8.96. The van der Waals surface area contributed by atoms with Crippen molar-refractivity contribution < 1.29 is 18.0 Å². The first kappa shape index (κ1) is 18.9. The maximum atomic E-state index is 12.8. The number of hydrogen-bond acceptors (Lipinski definition) is 4. The smallest absolute Gasteiger partial charge is 0.264 e. The van der Waals surface area contributed by atoms with E-state index in [2.05, 4.69) is 6.58 Å². The van der Waals surface area contributed by atoms with Crippen LogP contribution in [0, 0.1) is 0 Å². The molecular formula is C18H20N2O4S. The number of para-hydroxylation sites is 1. The first-order chi connectivity index (χ1) is 11.9. The van der Waals surface area contributed by atoms with Crippen LogP contribution >= 0.6 is 0 Å². The minimum Gasteiger partial charge on any atom is -0.305 e. The van der Waals surface area contributed by atoms with Gasteiger partial charge in [-0.15, -0.1) is 6.58 Å². The molecule has 132 valence electrons. The summed E-state index contributed by atoms with van der Waals surface area (Å²) in [6.07, 6.45) is 1.64. The van der Waals surface area contributed by atoms with Crippen molar-refractivity contribution in [1.82, 2.24) is 4.47 Å². The molecule has 0 N–H and O–H groups in total. The largest absolute Gasteiger partial charge is 0.305 e. The highest BCUT2D eigenvalue weighted by Gasteiger charge is 2.22. The van der Waals surface area contributed by atoms with Crippen molar-refractivity contribution in [3.63, 3.8) is 0 Å². The van der Waals surface area contributed by atoms with Crippen LogP contribution in [0.3, 0.4) is 0 Å². The molecule has 25 heavy (non-hydrogen) atoms. The number of carbonyl (C=O) groups is 1. The van der Waals surface area contributed by atoms with E-state index < -0.39 is 10.0 Å². The monoisotopic (exact) mass is 360 g/mol. The van der Waals surface area contributed by atoms with E-state index in [1.807, 2.05) is 30.3 Å². The summed E-state index contributed by atoms with van der Waals surface area (Å²) in [5.74, 6) is -0.241. The van der Waals surface area contributed by atoms with Crippen LogP contribution in [0.15, 0.2) is 72.1 Å². The Morgan fingerprint density at radius 2 is 1.72 bits per heavy atom. The summed E-state index contributed by atoms with van der Waals surface area (Å²) in [6.45, 7) is 4.03. The standard InChI is InChI=1S/C18H20N2O4S/c1-4-14-20(16-8-6-5-7-9-16)18(21)15-10-12-17(13-11-15)25(22,23)19(2)24-3/h4-13H,1,14H2,2-3H3. The van der Waals surface area contributed by atoms with Gasteiger partial charge in [0, 0.05) is 24.8 Å². The van der Waals surface area contributed by atoms with E-state index in [-0.39, 0.29) is 10.8 Å². The van der Waals surface area contributed by atoms with Crippen molar-refractivity contribution in [3.05, 3.63) is 72.8 Å². The van der Waals surface area contributed by atoms with Crippen LogP contribution in [0.25, 0.3) is 0 Å². The third-order valence-electron chi connectivity index (χ3n) is 3.62. The number of anilines is 1. The maximum Gasteiger partial charge on any atom is 0.264 e. The molecule has 0 heterocycles. The van der Waals surface area contributed by atoms with Crippen LogP contribution in [-0.4, -0.2) is 39.5 Å². The molecule has 0 aromatic heterocycles. The third-order valence-corrected chi connectivity index (χ3v) is 5.31. The normalized spacial score (nSPS) is 11.3. The van der Waals surface area contributed by atoms with Gasteiger partial charge in [0.15, 0.2) is 0 Å². The van der Waals surface area contributed by atoms with Crippen LogP contribution < -0.4 is 4.90 Å². The zero-order chi connectivity index (χ0) is 18.4. The maximum absolute atomic E-state index is 12.8. The lowest BCUT2D eigenvalue weighted by Gasteiger charge is -2.21. The molecule has 0 aliphatic heterocycles. The predicted octanol–water partition coefficient (Wildman–Crippen LogP) is 2.70. The molecule has 0 saturated heterocycles. The van der Waals surface area contributed by atoms with E-state index in [0.717, 1.165) is 10.2 Å². The minimum atomic E-state index is -3.74. The predicted molar refractivity (Wildman–Crippen MR) is 96.7 cm³/mol.